The van der Waals surface area contributed by atoms with Crippen LogP contribution in [0.5, 0.6) is 0 Å². The second-order valence-electron chi connectivity index (χ2n) is 6.95. The summed E-state index contributed by atoms with van der Waals surface area (Å²) in [6.07, 6.45) is 0. The maximum atomic E-state index is 13.2. The summed E-state index contributed by atoms with van der Waals surface area (Å²) in [5, 5.41) is 4.04. The summed E-state index contributed by atoms with van der Waals surface area (Å²) < 4.78 is 1.73. The summed E-state index contributed by atoms with van der Waals surface area (Å²) in [6, 6.07) is 20.3. The van der Waals surface area contributed by atoms with Crippen molar-refractivity contribution in [1.82, 2.24) is 14.5 Å². The molecule has 4 rings (SSSR count). The van der Waals surface area contributed by atoms with E-state index in [0.717, 1.165) is 34.3 Å². The number of aromatic nitrogens is 3. The molecule has 2 heterocycles. The summed E-state index contributed by atoms with van der Waals surface area (Å²) in [6.45, 7) is 7.20. The molecule has 0 spiro atoms. The molecule has 2 aromatic heterocycles. The molecule has 0 bridgehead atoms. The zero-order valence-electron chi connectivity index (χ0n) is 16.9. The van der Waals surface area contributed by atoms with Crippen molar-refractivity contribution < 1.29 is 0 Å². The highest BCUT2D eigenvalue weighted by atomic mass is 16.1. The molecule has 0 aliphatic carbocycles. The number of hydrogen-bond acceptors (Lipinski definition) is 4. The van der Waals surface area contributed by atoms with E-state index in [2.05, 4.69) is 39.6 Å². The minimum atomic E-state index is -0.0343. The fourth-order valence-electron chi connectivity index (χ4n) is 3.60. The van der Waals surface area contributed by atoms with Gasteiger partial charge >= 0.3 is 0 Å². The van der Waals surface area contributed by atoms with Gasteiger partial charge in [-0.1, -0.05) is 54.6 Å². The Hall–Kier alpha value is -3.47. The topological polar surface area (TPSA) is 59.8 Å². The molecular weight excluding hydrogens is 360 g/mol. The fraction of sp³-hybridized carbons (Fsp3) is 0.208. The third-order valence-corrected chi connectivity index (χ3v) is 5.09. The summed E-state index contributed by atoms with van der Waals surface area (Å²) in [5.41, 5.74) is 5.34. The lowest BCUT2D eigenvalue weighted by Gasteiger charge is -2.14. The zero-order chi connectivity index (χ0) is 20.4. The Morgan fingerprint density at radius 3 is 2.21 bits per heavy atom. The Balaban J connectivity index is 1.86. The Morgan fingerprint density at radius 2 is 1.55 bits per heavy atom. The van der Waals surface area contributed by atoms with E-state index < -0.39 is 0 Å². The average molecular weight is 384 g/mol. The number of hydrogen-bond donors (Lipinski definition) is 1. The van der Waals surface area contributed by atoms with Gasteiger partial charge in [-0.25, -0.2) is 4.98 Å². The van der Waals surface area contributed by atoms with E-state index in [1.807, 2.05) is 57.2 Å². The number of nitrogens with one attached hydrogen (secondary N) is 1. The molecule has 0 saturated carbocycles. The van der Waals surface area contributed by atoms with Gasteiger partial charge in [0.05, 0.1) is 5.69 Å². The lowest BCUT2D eigenvalue weighted by atomic mass is 10.0. The first-order chi connectivity index (χ1) is 14.1. The Labute approximate surface area is 170 Å². The van der Waals surface area contributed by atoms with Crippen molar-refractivity contribution >= 4 is 17.0 Å². The highest BCUT2D eigenvalue weighted by Crippen LogP contribution is 2.26. The number of rotatable bonds is 5. The Bertz CT molecular complexity index is 1210. The van der Waals surface area contributed by atoms with Gasteiger partial charge in [0.25, 0.3) is 5.56 Å². The maximum absolute atomic E-state index is 13.2. The van der Waals surface area contributed by atoms with Crippen molar-refractivity contribution in [3.63, 3.8) is 0 Å². The monoisotopic (exact) mass is 384 g/mol. The van der Waals surface area contributed by atoms with Gasteiger partial charge in [-0.15, -0.1) is 0 Å². The van der Waals surface area contributed by atoms with E-state index >= 15 is 0 Å². The summed E-state index contributed by atoms with van der Waals surface area (Å²) in [7, 11) is 0. The van der Waals surface area contributed by atoms with Crippen LogP contribution in [0.1, 0.15) is 19.5 Å². The molecule has 146 valence electrons. The largest absolute Gasteiger partial charge is 0.354 e. The van der Waals surface area contributed by atoms with Crippen LogP contribution in [0.25, 0.3) is 33.3 Å². The molecule has 4 aromatic rings. The first-order valence-electron chi connectivity index (χ1n) is 9.94. The van der Waals surface area contributed by atoms with Gasteiger partial charge in [0.1, 0.15) is 5.65 Å². The molecule has 0 fully saturated rings. The predicted octanol–water partition coefficient (Wildman–Crippen LogP) is 4.89. The van der Waals surface area contributed by atoms with E-state index in [4.69, 9.17) is 0 Å². The quantitative estimate of drug-likeness (QED) is 0.532. The third-order valence-electron chi connectivity index (χ3n) is 5.09. The van der Waals surface area contributed by atoms with Gasteiger partial charge in [0.2, 0.25) is 5.95 Å². The van der Waals surface area contributed by atoms with Crippen LogP contribution >= 0.6 is 0 Å². The molecule has 2 aromatic carbocycles. The van der Waals surface area contributed by atoms with Crippen LogP contribution in [-0.4, -0.2) is 21.1 Å². The van der Waals surface area contributed by atoms with Crippen LogP contribution in [-0.2, 0) is 6.54 Å². The number of fused-ring (bicyclic) bond motifs is 1. The smallest absolute Gasteiger partial charge is 0.260 e. The number of pyridine rings is 1. The first kappa shape index (κ1) is 18.9. The molecule has 5 heteroatoms. The van der Waals surface area contributed by atoms with Crippen molar-refractivity contribution in [2.24, 2.45) is 0 Å². The molecule has 29 heavy (non-hydrogen) atoms. The second-order valence-corrected chi connectivity index (χ2v) is 6.95. The number of anilines is 1. The van der Waals surface area contributed by atoms with E-state index in [1.165, 1.54) is 0 Å². The highest BCUT2D eigenvalue weighted by molar-refractivity contribution is 5.84. The SMILES string of the molecule is CCNc1nc(C)c2cc(-c3ccc(-c4ccccc4)cc3)c(=O)n(CC)c2n1. The Morgan fingerprint density at radius 1 is 0.897 bits per heavy atom. The lowest BCUT2D eigenvalue weighted by molar-refractivity contribution is 0.749. The predicted molar refractivity (Wildman–Crippen MR) is 119 cm³/mol. The van der Waals surface area contributed by atoms with Crippen molar-refractivity contribution in [3.05, 3.63) is 76.7 Å². The minimum Gasteiger partial charge on any atom is -0.354 e. The first-order valence-corrected chi connectivity index (χ1v) is 9.94. The van der Waals surface area contributed by atoms with Crippen molar-refractivity contribution in [2.75, 3.05) is 11.9 Å². The molecule has 0 radical (unpaired) electrons. The highest BCUT2D eigenvalue weighted by Gasteiger charge is 2.14. The maximum Gasteiger partial charge on any atom is 0.260 e. The molecule has 0 aliphatic rings. The van der Waals surface area contributed by atoms with Crippen LogP contribution in [0, 0.1) is 6.92 Å². The molecular formula is C24H24N4O. The van der Waals surface area contributed by atoms with Crippen LogP contribution < -0.4 is 10.9 Å². The molecule has 1 N–H and O–H groups in total. The second kappa shape index (κ2) is 7.87. The van der Waals surface area contributed by atoms with Crippen molar-refractivity contribution in [3.8, 4) is 22.3 Å². The van der Waals surface area contributed by atoms with Crippen molar-refractivity contribution in [1.29, 1.82) is 0 Å². The van der Waals surface area contributed by atoms with Crippen LogP contribution in [0.2, 0.25) is 0 Å². The molecule has 0 atom stereocenters. The molecule has 0 amide bonds. The normalized spacial score (nSPS) is 11.0. The molecule has 5 nitrogen and oxygen atoms in total. The average Bonchev–Trinajstić information content (AvgIpc) is 2.75. The van der Waals surface area contributed by atoms with Gasteiger partial charge in [-0.05, 0) is 43.5 Å². The van der Waals surface area contributed by atoms with Crippen LogP contribution in [0.15, 0.2) is 65.5 Å². The summed E-state index contributed by atoms with van der Waals surface area (Å²) >= 11 is 0. The van der Waals surface area contributed by atoms with E-state index in [1.54, 1.807) is 4.57 Å². The Kier molecular flexibility index (Phi) is 5.12. The van der Waals surface area contributed by atoms with Gasteiger partial charge in [-0.3, -0.25) is 9.36 Å². The number of benzene rings is 2. The molecule has 0 aliphatic heterocycles. The van der Waals surface area contributed by atoms with Crippen LogP contribution in [0.3, 0.4) is 0 Å². The van der Waals surface area contributed by atoms with Gasteiger partial charge in [0, 0.05) is 24.0 Å². The summed E-state index contributed by atoms with van der Waals surface area (Å²) in [5.74, 6) is 0.555. The lowest BCUT2D eigenvalue weighted by Crippen LogP contribution is -2.23. The minimum absolute atomic E-state index is 0.0343. The van der Waals surface area contributed by atoms with Gasteiger partial charge < -0.3 is 5.32 Å². The van der Waals surface area contributed by atoms with E-state index in [-0.39, 0.29) is 5.56 Å². The third kappa shape index (κ3) is 3.51. The van der Waals surface area contributed by atoms with Crippen molar-refractivity contribution in [2.45, 2.75) is 27.3 Å². The number of aryl methyl sites for hydroxylation is 2. The van der Waals surface area contributed by atoms with Gasteiger partial charge in [0.15, 0.2) is 0 Å². The van der Waals surface area contributed by atoms with E-state index in [0.29, 0.717) is 23.7 Å². The standard InChI is InChI=1S/C24H24N4O/c1-4-25-24-26-16(3)20-15-21(23(29)28(5-2)22(20)27-24)19-13-11-18(12-14-19)17-9-7-6-8-10-17/h6-15H,4-5H2,1-3H3,(H,25,26,27). The van der Waals surface area contributed by atoms with E-state index in [9.17, 15) is 4.79 Å². The molecule has 0 unspecified atom stereocenters. The number of nitrogens with zero attached hydrogens (tertiary/aromatic N) is 3. The summed E-state index contributed by atoms with van der Waals surface area (Å²) in [4.78, 5) is 22.4. The van der Waals surface area contributed by atoms with Gasteiger partial charge in [-0.2, -0.15) is 4.98 Å². The zero-order valence-corrected chi connectivity index (χ0v) is 16.9. The van der Waals surface area contributed by atoms with Crippen LogP contribution in [0.4, 0.5) is 5.95 Å². The molecule has 0 saturated heterocycles. The fourth-order valence-corrected chi connectivity index (χ4v) is 3.60.